The number of hydrogen-bond acceptors (Lipinski definition) is 2. The predicted octanol–water partition coefficient (Wildman–Crippen LogP) is 3.76. The van der Waals surface area contributed by atoms with E-state index in [-0.39, 0.29) is 0 Å². The van der Waals surface area contributed by atoms with Crippen LogP contribution in [0.2, 0.25) is 0 Å². The maximum Gasteiger partial charge on any atom is 0.106 e. The molecule has 2 rings (SSSR count). The molecular formula is C13H13BrN2. The van der Waals surface area contributed by atoms with Crippen molar-refractivity contribution in [1.82, 2.24) is 4.98 Å². The Hall–Kier alpha value is -1.35. The fourth-order valence-electron chi connectivity index (χ4n) is 1.52. The van der Waals surface area contributed by atoms with Gasteiger partial charge in [-0.1, -0.05) is 18.2 Å². The topological polar surface area (TPSA) is 24.9 Å². The lowest BCUT2D eigenvalue weighted by molar-refractivity contribution is 1.11. The number of aryl methyl sites for hydroxylation is 1. The first kappa shape index (κ1) is 11.1. The number of aromatic nitrogens is 1. The number of nitrogens with one attached hydrogen (secondary N) is 1. The Bertz CT molecular complexity index is 483. The fraction of sp³-hybridized carbons (Fsp3) is 0.154. The van der Waals surface area contributed by atoms with Gasteiger partial charge < -0.3 is 5.32 Å². The van der Waals surface area contributed by atoms with Crippen LogP contribution in [0.25, 0.3) is 0 Å². The Morgan fingerprint density at radius 2 is 2.06 bits per heavy atom. The second kappa shape index (κ2) is 5.12. The zero-order chi connectivity index (χ0) is 11.4. The summed E-state index contributed by atoms with van der Waals surface area (Å²) in [6, 6.07) is 12.3. The number of nitrogens with zero attached hydrogens (tertiary/aromatic N) is 1. The van der Waals surface area contributed by atoms with Crippen molar-refractivity contribution in [2.45, 2.75) is 13.5 Å². The summed E-state index contributed by atoms with van der Waals surface area (Å²) in [5.41, 5.74) is 3.65. The molecule has 0 radical (unpaired) electrons. The average Bonchev–Trinajstić information content (AvgIpc) is 2.28. The molecule has 0 unspecified atom stereocenters. The van der Waals surface area contributed by atoms with Crippen molar-refractivity contribution >= 4 is 21.6 Å². The molecular weight excluding hydrogens is 264 g/mol. The van der Waals surface area contributed by atoms with Crippen LogP contribution in [0, 0.1) is 6.92 Å². The second-order valence-electron chi connectivity index (χ2n) is 3.66. The summed E-state index contributed by atoms with van der Waals surface area (Å²) in [6.07, 6.45) is 1.80. The van der Waals surface area contributed by atoms with Gasteiger partial charge in [-0.25, -0.2) is 4.98 Å². The molecule has 1 N–H and O–H groups in total. The largest absolute Gasteiger partial charge is 0.381 e. The smallest absolute Gasteiger partial charge is 0.106 e. The van der Waals surface area contributed by atoms with E-state index in [1.807, 2.05) is 24.3 Å². The van der Waals surface area contributed by atoms with Gasteiger partial charge in [0.25, 0.3) is 0 Å². The number of rotatable bonds is 3. The molecule has 2 aromatic rings. The molecule has 3 heteroatoms. The monoisotopic (exact) mass is 276 g/mol. The predicted molar refractivity (Wildman–Crippen MR) is 70.4 cm³/mol. The van der Waals surface area contributed by atoms with Crippen LogP contribution in [0.5, 0.6) is 0 Å². The first-order chi connectivity index (χ1) is 7.75. The third kappa shape index (κ3) is 2.83. The van der Waals surface area contributed by atoms with Crippen LogP contribution < -0.4 is 5.32 Å². The van der Waals surface area contributed by atoms with Gasteiger partial charge in [-0.2, -0.15) is 0 Å². The summed E-state index contributed by atoms with van der Waals surface area (Å²) in [5.74, 6) is 0. The minimum absolute atomic E-state index is 0.811. The number of para-hydroxylation sites is 1. The molecule has 1 aromatic carbocycles. The van der Waals surface area contributed by atoms with Crippen LogP contribution >= 0.6 is 15.9 Å². The molecule has 2 nitrogen and oxygen atoms in total. The Balaban J connectivity index is 2.05. The molecule has 0 bridgehead atoms. The van der Waals surface area contributed by atoms with Gasteiger partial charge >= 0.3 is 0 Å². The highest BCUT2D eigenvalue weighted by Crippen LogP contribution is 2.15. The van der Waals surface area contributed by atoms with Gasteiger partial charge in [0.05, 0.1) is 0 Å². The second-order valence-corrected chi connectivity index (χ2v) is 4.47. The first-order valence-corrected chi connectivity index (χ1v) is 5.95. The van der Waals surface area contributed by atoms with E-state index in [0.717, 1.165) is 11.1 Å². The Kier molecular flexibility index (Phi) is 3.57. The highest BCUT2D eigenvalue weighted by molar-refractivity contribution is 9.10. The van der Waals surface area contributed by atoms with Gasteiger partial charge in [-0.3, -0.25) is 0 Å². The van der Waals surface area contributed by atoms with Crippen molar-refractivity contribution in [3.8, 4) is 0 Å². The molecule has 0 atom stereocenters. The molecule has 82 valence electrons. The number of benzene rings is 1. The van der Waals surface area contributed by atoms with Crippen molar-refractivity contribution < 1.29 is 0 Å². The quantitative estimate of drug-likeness (QED) is 0.864. The van der Waals surface area contributed by atoms with Crippen LogP contribution in [0.3, 0.4) is 0 Å². The van der Waals surface area contributed by atoms with E-state index in [4.69, 9.17) is 0 Å². The van der Waals surface area contributed by atoms with Gasteiger partial charge in [0.1, 0.15) is 4.60 Å². The van der Waals surface area contributed by atoms with Crippen molar-refractivity contribution in [3.05, 3.63) is 58.3 Å². The standard InChI is InChI=1S/C13H13BrN2/c1-10-4-2-3-5-12(10)16-9-11-6-7-15-13(14)8-11/h2-8,16H,9H2,1H3. The highest BCUT2D eigenvalue weighted by atomic mass is 79.9. The number of anilines is 1. The van der Waals surface area contributed by atoms with Gasteiger partial charge in [0.2, 0.25) is 0 Å². The molecule has 16 heavy (non-hydrogen) atoms. The molecule has 0 aliphatic carbocycles. The number of pyridine rings is 1. The van der Waals surface area contributed by atoms with Gasteiger partial charge in [-0.15, -0.1) is 0 Å². The zero-order valence-corrected chi connectivity index (χ0v) is 10.7. The van der Waals surface area contributed by atoms with E-state index in [2.05, 4.69) is 45.3 Å². The van der Waals surface area contributed by atoms with E-state index < -0.39 is 0 Å². The van der Waals surface area contributed by atoms with E-state index >= 15 is 0 Å². The van der Waals surface area contributed by atoms with Crippen molar-refractivity contribution in [1.29, 1.82) is 0 Å². The van der Waals surface area contributed by atoms with Gasteiger partial charge in [0.15, 0.2) is 0 Å². The van der Waals surface area contributed by atoms with Gasteiger partial charge in [0, 0.05) is 18.4 Å². The third-order valence-electron chi connectivity index (χ3n) is 2.42. The molecule has 0 aliphatic heterocycles. The van der Waals surface area contributed by atoms with Crippen molar-refractivity contribution in [3.63, 3.8) is 0 Å². The van der Waals surface area contributed by atoms with E-state index in [0.29, 0.717) is 0 Å². The summed E-state index contributed by atoms with van der Waals surface area (Å²) in [7, 11) is 0. The lowest BCUT2D eigenvalue weighted by Crippen LogP contribution is -2.00. The summed E-state index contributed by atoms with van der Waals surface area (Å²) in [4.78, 5) is 4.10. The van der Waals surface area contributed by atoms with Gasteiger partial charge in [-0.05, 0) is 52.2 Å². The van der Waals surface area contributed by atoms with Crippen molar-refractivity contribution in [2.75, 3.05) is 5.32 Å². The maximum absolute atomic E-state index is 4.10. The van der Waals surface area contributed by atoms with E-state index in [9.17, 15) is 0 Å². The fourth-order valence-corrected chi connectivity index (χ4v) is 1.93. The first-order valence-electron chi connectivity index (χ1n) is 5.15. The molecule has 0 spiro atoms. The number of halogens is 1. The van der Waals surface area contributed by atoms with Crippen LogP contribution in [0.4, 0.5) is 5.69 Å². The average molecular weight is 277 g/mol. The van der Waals surface area contributed by atoms with Crippen molar-refractivity contribution in [2.24, 2.45) is 0 Å². The maximum atomic E-state index is 4.10. The highest BCUT2D eigenvalue weighted by Gasteiger charge is 1.97. The summed E-state index contributed by atoms with van der Waals surface area (Å²) in [5, 5.41) is 3.41. The minimum Gasteiger partial charge on any atom is -0.381 e. The summed E-state index contributed by atoms with van der Waals surface area (Å²) >= 11 is 3.36. The Morgan fingerprint density at radius 3 is 2.81 bits per heavy atom. The van der Waals surface area contributed by atoms with E-state index in [1.54, 1.807) is 6.20 Å². The molecule has 0 saturated heterocycles. The lowest BCUT2D eigenvalue weighted by atomic mass is 10.2. The Morgan fingerprint density at radius 1 is 1.25 bits per heavy atom. The number of hydrogen-bond donors (Lipinski definition) is 1. The molecule has 0 fully saturated rings. The Labute approximate surface area is 104 Å². The SMILES string of the molecule is Cc1ccccc1NCc1ccnc(Br)c1. The molecule has 1 heterocycles. The zero-order valence-electron chi connectivity index (χ0n) is 9.07. The molecule has 0 amide bonds. The minimum atomic E-state index is 0.811. The van der Waals surface area contributed by atoms with Crippen LogP contribution in [0.1, 0.15) is 11.1 Å². The van der Waals surface area contributed by atoms with Crippen LogP contribution in [0.15, 0.2) is 47.2 Å². The normalized spacial score (nSPS) is 10.1. The third-order valence-corrected chi connectivity index (χ3v) is 2.85. The summed E-state index contributed by atoms with van der Waals surface area (Å²) in [6.45, 7) is 2.91. The van der Waals surface area contributed by atoms with Crippen LogP contribution in [-0.2, 0) is 6.54 Å². The molecule has 0 aliphatic rings. The molecule has 0 saturated carbocycles. The van der Waals surface area contributed by atoms with Crippen LogP contribution in [-0.4, -0.2) is 4.98 Å². The molecule has 1 aromatic heterocycles. The van der Waals surface area contributed by atoms with E-state index in [1.165, 1.54) is 16.8 Å². The summed E-state index contributed by atoms with van der Waals surface area (Å²) < 4.78 is 0.872. The lowest BCUT2D eigenvalue weighted by Gasteiger charge is -2.09.